The number of nitrogens with one attached hydrogen (secondary N) is 2. The van der Waals surface area contributed by atoms with Gasteiger partial charge in [-0.3, -0.25) is 15.4 Å². The van der Waals surface area contributed by atoms with Crippen molar-refractivity contribution in [1.82, 2.24) is 10.3 Å². The summed E-state index contributed by atoms with van der Waals surface area (Å²) in [4.78, 5) is 29.4. The Hall–Kier alpha value is -3.47. The minimum atomic E-state index is -1.96. The number of carbonyl (C=O) groups excluding carboxylic acids is 2. The van der Waals surface area contributed by atoms with Crippen molar-refractivity contribution < 1.29 is 22.7 Å². The molecule has 0 saturated carbocycles. The van der Waals surface area contributed by atoms with Crippen molar-refractivity contribution in [2.75, 3.05) is 5.32 Å². The molecule has 1 heterocycles. The van der Waals surface area contributed by atoms with Crippen molar-refractivity contribution in [2.24, 2.45) is 0 Å². The molecular weight excluding hydrogens is 453 g/mol. The highest BCUT2D eigenvalue weighted by Gasteiger charge is 2.18. The van der Waals surface area contributed by atoms with Crippen molar-refractivity contribution in [3.63, 3.8) is 0 Å². The lowest BCUT2D eigenvalue weighted by atomic mass is 9.99. The molecular formula is C22H16FN3O4S2. The fraction of sp³-hybridized carbons (Fsp3) is 0.0455. The second kappa shape index (κ2) is 9.35. The van der Waals surface area contributed by atoms with E-state index in [1.54, 1.807) is 54.6 Å². The standard InChI is InChI=1S/C22H16FN3O4S2/c23-17-8-4-3-6-15(17)14-5-1-2-7-16(14)20(27)25-21(28)26-22-24-18-10-9-13(12-32(29)30)11-19(18)31-22/h1-11H,12H2,(H,29,30)(H2,24,25,26,27,28). The molecule has 3 N–H and O–H groups in total. The molecule has 1 atom stereocenters. The van der Waals surface area contributed by atoms with Gasteiger partial charge in [0.2, 0.25) is 0 Å². The van der Waals surface area contributed by atoms with Crippen LogP contribution in [0.3, 0.4) is 0 Å². The number of imide groups is 1. The molecule has 4 aromatic rings. The molecule has 0 aliphatic heterocycles. The maximum absolute atomic E-state index is 14.2. The van der Waals surface area contributed by atoms with Gasteiger partial charge in [-0.25, -0.2) is 18.4 Å². The average Bonchev–Trinajstić information content (AvgIpc) is 3.15. The van der Waals surface area contributed by atoms with E-state index in [0.29, 0.717) is 16.6 Å². The minimum Gasteiger partial charge on any atom is -0.306 e. The Bertz CT molecular complexity index is 1360. The number of aromatic nitrogens is 1. The predicted molar refractivity (Wildman–Crippen MR) is 122 cm³/mol. The molecule has 0 aliphatic carbocycles. The second-order valence-corrected chi connectivity index (χ2v) is 8.68. The largest absolute Gasteiger partial charge is 0.327 e. The fourth-order valence-corrected chi connectivity index (χ4v) is 4.54. The third kappa shape index (κ3) is 4.88. The van der Waals surface area contributed by atoms with E-state index in [1.165, 1.54) is 23.5 Å². The molecule has 3 amide bonds. The Kier molecular flexibility index (Phi) is 6.35. The van der Waals surface area contributed by atoms with Crippen LogP contribution in [0.5, 0.6) is 0 Å². The molecule has 0 saturated heterocycles. The van der Waals surface area contributed by atoms with Gasteiger partial charge >= 0.3 is 6.03 Å². The van der Waals surface area contributed by atoms with Gasteiger partial charge in [0.05, 0.1) is 16.0 Å². The Labute approximate surface area is 188 Å². The third-order valence-electron chi connectivity index (χ3n) is 4.53. The highest BCUT2D eigenvalue weighted by atomic mass is 32.2. The number of rotatable bonds is 5. The van der Waals surface area contributed by atoms with E-state index < -0.39 is 28.8 Å². The van der Waals surface area contributed by atoms with E-state index in [0.717, 1.165) is 4.70 Å². The summed E-state index contributed by atoms with van der Waals surface area (Å²) in [6, 6.07) is 16.8. The van der Waals surface area contributed by atoms with Gasteiger partial charge in [0.1, 0.15) is 5.82 Å². The monoisotopic (exact) mass is 469 g/mol. The highest BCUT2D eigenvalue weighted by molar-refractivity contribution is 7.78. The summed E-state index contributed by atoms with van der Waals surface area (Å²) >= 11 is -0.794. The number of halogens is 1. The van der Waals surface area contributed by atoms with E-state index in [1.807, 2.05) is 0 Å². The molecule has 1 unspecified atom stereocenters. The summed E-state index contributed by atoms with van der Waals surface area (Å²) in [6.45, 7) is 0. The number of hydrogen-bond donors (Lipinski definition) is 3. The van der Waals surface area contributed by atoms with Crippen molar-refractivity contribution in [1.29, 1.82) is 0 Å². The van der Waals surface area contributed by atoms with E-state index in [9.17, 15) is 18.2 Å². The molecule has 0 radical (unpaired) electrons. The first-order chi connectivity index (χ1) is 15.4. The van der Waals surface area contributed by atoms with Crippen molar-refractivity contribution >= 4 is 49.7 Å². The molecule has 0 spiro atoms. The van der Waals surface area contributed by atoms with Gasteiger partial charge in [-0.05, 0) is 35.4 Å². The maximum atomic E-state index is 14.2. The molecule has 10 heteroatoms. The van der Waals surface area contributed by atoms with Crippen LogP contribution in [0.2, 0.25) is 0 Å². The lowest BCUT2D eigenvalue weighted by Gasteiger charge is -2.10. The van der Waals surface area contributed by atoms with E-state index >= 15 is 0 Å². The van der Waals surface area contributed by atoms with Crippen LogP contribution in [0, 0.1) is 5.82 Å². The van der Waals surface area contributed by atoms with Crippen LogP contribution in [0.25, 0.3) is 21.3 Å². The first-order valence-corrected chi connectivity index (χ1v) is 11.4. The van der Waals surface area contributed by atoms with Gasteiger partial charge in [-0.2, -0.15) is 0 Å². The van der Waals surface area contributed by atoms with E-state index in [2.05, 4.69) is 15.6 Å². The molecule has 0 bridgehead atoms. The highest BCUT2D eigenvalue weighted by Crippen LogP contribution is 2.28. The summed E-state index contributed by atoms with van der Waals surface area (Å²) in [5, 5.41) is 5.01. The zero-order chi connectivity index (χ0) is 22.7. The van der Waals surface area contributed by atoms with Crippen molar-refractivity contribution in [3.8, 4) is 11.1 Å². The number of fused-ring (bicyclic) bond motifs is 1. The number of carbonyl (C=O) groups is 2. The Morgan fingerprint density at radius 3 is 2.50 bits per heavy atom. The predicted octanol–water partition coefficient (Wildman–Crippen LogP) is 4.79. The number of amides is 3. The van der Waals surface area contributed by atoms with Gasteiger partial charge in [-0.15, -0.1) is 0 Å². The normalized spacial score (nSPS) is 11.8. The number of hydrogen-bond acceptors (Lipinski definition) is 5. The maximum Gasteiger partial charge on any atom is 0.327 e. The van der Waals surface area contributed by atoms with Gasteiger partial charge in [-0.1, -0.05) is 53.8 Å². The SMILES string of the molecule is O=C(NC(=O)c1ccccc1-c1ccccc1F)Nc1nc2ccc(CS(=O)O)cc2s1. The average molecular weight is 470 g/mol. The Balaban J connectivity index is 1.50. The molecule has 3 aromatic carbocycles. The van der Waals surface area contributed by atoms with Crippen LogP contribution in [-0.2, 0) is 16.8 Å². The minimum absolute atomic E-state index is 0.00694. The smallest absolute Gasteiger partial charge is 0.306 e. The zero-order valence-electron chi connectivity index (χ0n) is 16.4. The topological polar surface area (TPSA) is 108 Å². The molecule has 32 heavy (non-hydrogen) atoms. The van der Waals surface area contributed by atoms with Gasteiger partial charge in [0, 0.05) is 11.1 Å². The number of urea groups is 1. The van der Waals surface area contributed by atoms with E-state index in [4.69, 9.17) is 4.55 Å². The summed E-state index contributed by atoms with van der Waals surface area (Å²) < 4.78 is 35.0. The second-order valence-electron chi connectivity index (χ2n) is 6.72. The Morgan fingerprint density at radius 2 is 1.75 bits per heavy atom. The van der Waals surface area contributed by atoms with Crippen LogP contribution >= 0.6 is 11.3 Å². The number of anilines is 1. The molecule has 1 aromatic heterocycles. The zero-order valence-corrected chi connectivity index (χ0v) is 18.0. The van der Waals surface area contributed by atoms with Crippen LogP contribution in [0.4, 0.5) is 14.3 Å². The van der Waals surface area contributed by atoms with Gasteiger partial charge in [0.15, 0.2) is 16.2 Å². The summed E-state index contributed by atoms with van der Waals surface area (Å²) in [7, 11) is 0. The number of thiazole rings is 1. The number of nitrogens with zero attached hydrogens (tertiary/aromatic N) is 1. The quantitative estimate of drug-likeness (QED) is 0.364. The van der Waals surface area contributed by atoms with Crippen molar-refractivity contribution in [3.05, 3.63) is 83.7 Å². The van der Waals surface area contributed by atoms with Crippen LogP contribution < -0.4 is 10.6 Å². The summed E-state index contributed by atoms with van der Waals surface area (Å²) in [6.07, 6.45) is 0. The van der Waals surface area contributed by atoms with Gasteiger partial charge < -0.3 is 4.55 Å². The van der Waals surface area contributed by atoms with Gasteiger partial charge in [0.25, 0.3) is 5.91 Å². The van der Waals surface area contributed by atoms with Crippen LogP contribution in [-0.4, -0.2) is 25.7 Å². The first kappa shape index (κ1) is 21.8. The van der Waals surface area contributed by atoms with E-state index in [-0.39, 0.29) is 22.0 Å². The summed E-state index contributed by atoms with van der Waals surface area (Å²) in [5.74, 6) is -1.17. The first-order valence-electron chi connectivity index (χ1n) is 9.34. The molecule has 7 nitrogen and oxygen atoms in total. The fourth-order valence-electron chi connectivity index (χ4n) is 3.15. The molecule has 4 rings (SSSR count). The van der Waals surface area contributed by atoms with Crippen molar-refractivity contribution in [2.45, 2.75) is 5.75 Å². The van der Waals surface area contributed by atoms with Crippen LogP contribution in [0.15, 0.2) is 66.7 Å². The molecule has 0 fully saturated rings. The lowest BCUT2D eigenvalue weighted by molar-refractivity contribution is 0.0967. The van der Waals surface area contributed by atoms with Crippen LogP contribution in [0.1, 0.15) is 15.9 Å². The number of benzene rings is 3. The molecule has 0 aliphatic rings. The third-order valence-corrected chi connectivity index (χ3v) is 6.04. The Morgan fingerprint density at radius 1 is 1.03 bits per heavy atom. The summed E-state index contributed by atoms with van der Waals surface area (Å²) in [5.41, 5.74) is 2.04. The molecule has 162 valence electrons. The lowest BCUT2D eigenvalue weighted by Crippen LogP contribution is -2.34.